The zero-order chi connectivity index (χ0) is 29.9. The van der Waals surface area contributed by atoms with Gasteiger partial charge in [0, 0.05) is 37.6 Å². The van der Waals surface area contributed by atoms with Gasteiger partial charge < -0.3 is 30.1 Å². The van der Waals surface area contributed by atoms with E-state index in [1.807, 2.05) is 20.8 Å². The Bertz CT molecular complexity index is 1170. The quantitative estimate of drug-likeness (QED) is 0.284. The van der Waals surface area contributed by atoms with Crippen LogP contribution in [0.25, 0.3) is 0 Å². The number of morpholine rings is 1. The molecular weight excluding hydrogens is 538 g/mol. The standard InChI is InChI=1S/C30H45N7O5/c1-21-19-41-20-22(2)37(21)30(40)35-26(29(38)39)12-16-36(17-18-42-27-11-14-31-23(3)33-27)15-5-4-8-25-10-9-24-7-6-13-32-28(24)34-25/h9-11,14,21-22,26H,4-8,12-13,15-20H2,1-3H3,(H,32,34)(H,35,40)(H,38,39). The fourth-order valence-corrected chi connectivity index (χ4v) is 5.48. The topological polar surface area (TPSA) is 142 Å². The minimum absolute atomic E-state index is 0.123. The smallest absolute Gasteiger partial charge is 0.326 e. The first-order chi connectivity index (χ1) is 20.3. The molecule has 1 saturated heterocycles. The molecule has 2 aliphatic heterocycles. The van der Waals surface area contributed by atoms with E-state index in [2.05, 4.69) is 37.6 Å². The number of carbonyl (C=O) groups is 2. The van der Waals surface area contributed by atoms with Gasteiger partial charge in [-0.05, 0) is 77.5 Å². The molecule has 2 aromatic heterocycles. The highest BCUT2D eigenvalue weighted by molar-refractivity contribution is 5.83. The summed E-state index contributed by atoms with van der Waals surface area (Å²) in [5, 5.41) is 16.1. The average Bonchev–Trinajstić information content (AvgIpc) is 2.96. The second kappa shape index (κ2) is 15.6. The van der Waals surface area contributed by atoms with E-state index in [9.17, 15) is 14.7 Å². The number of rotatable bonds is 14. The van der Waals surface area contributed by atoms with Crippen LogP contribution < -0.4 is 15.4 Å². The Labute approximate surface area is 248 Å². The van der Waals surface area contributed by atoms with Crippen molar-refractivity contribution in [2.45, 2.75) is 77.4 Å². The molecule has 12 heteroatoms. The van der Waals surface area contributed by atoms with Crippen molar-refractivity contribution < 1.29 is 24.2 Å². The Hall–Kier alpha value is -3.51. The second-order valence-corrected chi connectivity index (χ2v) is 11.2. The van der Waals surface area contributed by atoms with Crippen LogP contribution in [0.1, 0.15) is 56.6 Å². The van der Waals surface area contributed by atoms with Crippen LogP contribution in [0.15, 0.2) is 24.4 Å². The number of hydrogen-bond donors (Lipinski definition) is 3. The fourth-order valence-electron chi connectivity index (χ4n) is 5.48. The number of carboxylic acids is 1. The van der Waals surface area contributed by atoms with Gasteiger partial charge in [-0.3, -0.25) is 4.90 Å². The molecule has 3 atom stereocenters. The molecule has 4 heterocycles. The van der Waals surface area contributed by atoms with E-state index in [1.54, 1.807) is 17.2 Å². The second-order valence-electron chi connectivity index (χ2n) is 11.2. The monoisotopic (exact) mass is 583 g/mol. The number of fused-ring (bicyclic) bond motifs is 1. The molecule has 1 fully saturated rings. The van der Waals surface area contributed by atoms with Gasteiger partial charge in [0.1, 0.15) is 24.3 Å². The van der Waals surface area contributed by atoms with Crippen LogP contribution in [0.3, 0.4) is 0 Å². The first-order valence-corrected chi connectivity index (χ1v) is 15.1. The molecule has 4 rings (SSSR count). The first-order valence-electron chi connectivity index (χ1n) is 15.1. The molecule has 12 nitrogen and oxygen atoms in total. The van der Waals surface area contributed by atoms with E-state index in [-0.39, 0.29) is 24.5 Å². The molecule has 230 valence electrons. The van der Waals surface area contributed by atoms with Crippen LogP contribution in [0.4, 0.5) is 10.6 Å². The lowest BCUT2D eigenvalue weighted by Gasteiger charge is -2.39. The average molecular weight is 584 g/mol. The molecule has 0 aliphatic carbocycles. The summed E-state index contributed by atoms with van der Waals surface area (Å²) in [6.45, 7) is 9.74. The largest absolute Gasteiger partial charge is 0.480 e. The predicted octanol–water partition coefficient (Wildman–Crippen LogP) is 2.90. The van der Waals surface area contributed by atoms with Gasteiger partial charge in [0.15, 0.2) is 0 Å². The van der Waals surface area contributed by atoms with Gasteiger partial charge in [0.2, 0.25) is 5.88 Å². The van der Waals surface area contributed by atoms with Gasteiger partial charge in [-0.1, -0.05) is 6.07 Å². The van der Waals surface area contributed by atoms with Gasteiger partial charge in [-0.25, -0.2) is 19.6 Å². The normalized spacial score (nSPS) is 19.1. The van der Waals surface area contributed by atoms with Gasteiger partial charge in [0.05, 0.1) is 25.3 Å². The van der Waals surface area contributed by atoms with E-state index < -0.39 is 12.0 Å². The van der Waals surface area contributed by atoms with Crippen molar-refractivity contribution in [2.24, 2.45) is 0 Å². The summed E-state index contributed by atoms with van der Waals surface area (Å²) in [5.41, 5.74) is 2.37. The molecule has 0 bridgehead atoms. The lowest BCUT2D eigenvalue weighted by atomic mass is 10.1. The van der Waals surface area contributed by atoms with E-state index >= 15 is 0 Å². The number of nitrogens with one attached hydrogen (secondary N) is 2. The van der Waals surface area contributed by atoms with E-state index in [1.165, 1.54) is 5.56 Å². The summed E-state index contributed by atoms with van der Waals surface area (Å²) in [7, 11) is 0. The molecule has 2 aliphatic rings. The van der Waals surface area contributed by atoms with Crippen LogP contribution >= 0.6 is 0 Å². The number of anilines is 1. The minimum Gasteiger partial charge on any atom is -0.480 e. The Kier molecular flexibility index (Phi) is 11.7. The number of nitrogens with zero attached hydrogens (tertiary/aromatic N) is 5. The Morgan fingerprint density at radius 1 is 1.17 bits per heavy atom. The molecule has 0 saturated carbocycles. The summed E-state index contributed by atoms with van der Waals surface area (Å²) < 4.78 is 11.4. The number of ether oxygens (including phenoxy) is 2. The number of carbonyl (C=O) groups excluding carboxylic acids is 1. The predicted molar refractivity (Wildman–Crippen MR) is 159 cm³/mol. The van der Waals surface area contributed by atoms with Crippen molar-refractivity contribution in [3.05, 3.63) is 41.5 Å². The van der Waals surface area contributed by atoms with Crippen molar-refractivity contribution in [1.82, 2.24) is 30.1 Å². The number of urea groups is 1. The van der Waals surface area contributed by atoms with Crippen LogP contribution in [0.2, 0.25) is 0 Å². The Morgan fingerprint density at radius 2 is 1.98 bits per heavy atom. The van der Waals surface area contributed by atoms with Gasteiger partial charge >= 0.3 is 12.0 Å². The molecule has 2 amide bonds. The van der Waals surface area contributed by atoms with E-state index in [4.69, 9.17) is 14.5 Å². The third kappa shape index (κ3) is 9.25. The Morgan fingerprint density at radius 3 is 2.74 bits per heavy atom. The minimum atomic E-state index is -1.04. The van der Waals surface area contributed by atoms with E-state index in [0.717, 1.165) is 56.7 Å². The molecule has 0 aromatic carbocycles. The highest BCUT2D eigenvalue weighted by Gasteiger charge is 2.32. The number of pyridine rings is 1. The highest BCUT2D eigenvalue weighted by atomic mass is 16.5. The number of aryl methyl sites for hydroxylation is 3. The van der Waals surface area contributed by atoms with E-state index in [0.29, 0.717) is 44.6 Å². The lowest BCUT2D eigenvalue weighted by Crippen LogP contribution is -2.58. The summed E-state index contributed by atoms with van der Waals surface area (Å²) in [6, 6.07) is 4.41. The van der Waals surface area contributed by atoms with Crippen LogP contribution in [-0.2, 0) is 22.4 Å². The molecular formula is C30H45N7O5. The molecule has 0 radical (unpaired) electrons. The summed E-state index contributed by atoms with van der Waals surface area (Å²) in [5.74, 6) is 1.12. The van der Waals surface area contributed by atoms with Gasteiger partial charge in [-0.2, -0.15) is 4.98 Å². The number of aliphatic carboxylic acids is 1. The zero-order valence-corrected chi connectivity index (χ0v) is 25.1. The van der Waals surface area contributed by atoms with Crippen molar-refractivity contribution in [3.63, 3.8) is 0 Å². The molecule has 0 spiro atoms. The number of unbranched alkanes of at least 4 members (excludes halogenated alkanes) is 1. The van der Waals surface area contributed by atoms with Gasteiger partial charge in [-0.15, -0.1) is 0 Å². The van der Waals surface area contributed by atoms with Gasteiger partial charge in [0.25, 0.3) is 0 Å². The Balaban J connectivity index is 1.31. The van der Waals surface area contributed by atoms with Crippen LogP contribution in [0.5, 0.6) is 5.88 Å². The SMILES string of the molecule is Cc1nccc(OCCN(CCCCc2ccc3c(n2)NCCC3)CCC(NC(=O)N2C(C)COCC2C)C(=O)O)n1. The lowest BCUT2D eigenvalue weighted by molar-refractivity contribution is -0.139. The van der Waals surface area contributed by atoms with Crippen LogP contribution in [-0.4, -0.2) is 106 Å². The number of carboxylic acid groups (broad SMARTS) is 1. The molecule has 3 unspecified atom stereocenters. The highest BCUT2D eigenvalue weighted by Crippen LogP contribution is 2.20. The zero-order valence-electron chi connectivity index (χ0n) is 25.1. The van der Waals surface area contributed by atoms with Crippen molar-refractivity contribution >= 4 is 17.8 Å². The number of aromatic nitrogens is 3. The third-order valence-corrected chi connectivity index (χ3v) is 7.75. The number of amides is 2. The summed E-state index contributed by atoms with van der Waals surface area (Å²) >= 11 is 0. The molecule has 3 N–H and O–H groups in total. The molecule has 2 aromatic rings. The van der Waals surface area contributed by atoms with Crippen LogP contribution in [0, 0.1) is 6.92 Å². The fraction of sp³-hybridized carbons (Fsp3) is 0.633. The number of hydrogen-bond acceptors (Lipinski definition) is 9. The maximum absolute atomic E-state index is 13.0. The first kappa shape index (κ1) is 31.4. The van der Waals surface area contributed by atoms with Crippen molar-refractivity contribution in [3.8, 4) is 5.88 Å². The third-order valence-electron chi connectivity index (χ3n) is 7.75. The maximum atomic E-state index is 13.0. The summed E-state index contributed by atoms with van der Waals surface area (Å²) in [6.07, 6.45) is 6.91. The summed E-state index contributed by atoms with van der Waals surface area (Å²) in [4.78, 5) is 42.2. The maximum Gasteiger partial charge on any atom is 0.326 e. The molecule has 42 heavy (non-hydrogen) atoms. The van der Waals surface area contributed by atoms with Crippen molar-refractivity contribution in [1.29, 1.82) is 0 Å². The van der Waals surface area contributed by atoms with Crippen molar-refractivity contribution in [2.75, 3.05) is 51.3 Å².